The Balaban J connectivity index is 1.65. The topological polar surface area (TPSA) is 82.5 Å². The first kappa shape index (κ1) is 14.7. The van der Waals surface area contributed by atoms with Gasteiger partial charge in [-0.05, 0) is 12.1 Å². The Morgan fingerprint density at radius 2 is 2.23 bits per heavy atom. The van der Waals surface area contributed by atoms with Crippen molar-refractivity contribution >= 4 is 33.6 Å². The number of amides is 2. The lowest BCUT2D eigenvalue weighted by Gasteiger charge is -2.19. The van der Waals surface area contributed by atoms with Crippen molar-refractivity contribution in [3.8, 4) is 0 Å². The van der Waals surface area contributed by atoms with E-state index in [9.17, 15) is 14.0 Å². The second-order valence-corrected chi connectivity index (χ2v) is 6.19. The van der Waals surface area contributed by atoms with Crippen molar-refractivity contribution in [3.63, 3.8) is 0 Å². The minimum atomic E-state index is -1.30. The summed E-state index contributed by atoms with van der Waals surface area (Å²) in [7, 11) is 0. The molecule has 1 aromatic heterocycles. The number of carboxylic acid groups (broad SMARTS) is 1. The lowest BCUT2D eigenvalue weighted by Crippen LogP contribution is -2.45. The van der Waals surface area contributed by atoms with E-state index in [0.29, 0.717) is 0 Å². The van der Waals surface area contributed by atoms with Gasteiger partial charge in [-0.25, -0.2) is 14.2 Å². The number of alkyl halides is 1. The molecule has 2 N–H and O–H groups in total. The number of fused-ring (bicyclic) bond motifs is 1. The smallest absolute Gasteiger partial charge is 0.408 e. The van der Waals surface area contributed by atoms with Gasteiger partial charge in [-0.15, -0.1) is 11.3 Å². The van der Waals surface area contributed by atoms with Crippen LogP contribution in [0.2, 0.25) is 0 Å². The van der Waals surface area contributed by atoms with Gasteiger partial charge in [0.05, 0.1) is 23.3 Å². The average Bonchev–Trinajstić information content (AvgIpc) is 3.07. The van der Waals surface area contributed by atoms with Crippen LogP contribution in [0.25, 0.3) is 10.2 Å². The molecule has 2 unspecified atom stereocenters. The average molecular weight is 323 g/mol. The molecule has 2 heterocycles. The first-order chi connectivity index (χ1) is 10.5. The van der Waals surface area contributed by atoms with E-state index in [0.717, 1.165) is 20.1 Å². The fourth-order valence-corrected chi connectivity index (χ4v) is 3.43. The third-order valence-corrected chi connectivity index (χ3v) is 4.59. The highest BCUT2D eigenvalue weighted by Crippen LogP contribution is 2.23. The zero-order chi connectivity index (χ0) is 15.7. The number of carbonyl (C=O) groups excluding carboxylic acids is 1. The Labute approximate surface area is 129 Å². The molecule has 1 saturated heterocycles. The number of thiazole rings is 1. The molecule has 1 aliphatic rings. The maximum Gasteiger partial charge on any atom is 0.408 e. The number of aromatic nitrogens is 1. The van der Waals surface area contributed by atoms with Crippen LogP contribution in [0.4, 0.5) is 9.18 Å². The van der Waals surface area contributed by atoms with E-state index < -0.39 is 24.2 Å². The molecule has 0 bridgehead atoms. The Kier molecular flexibility index (Phi) is 3.93. The fraction of sp³-hybridized carbons (Fsp3) is 0.357. The third kappa shape index (κ3) is 2.87. The highest BCUT2D eigenvalue weighted by Gasteiger charge is 2.39. The Hall–Kier alpha value is -2.22. The maximum atomic E-state index is 13.4. The molecule has 0 aliphatic carbocycles. The molecule has 2 atom stereocenters. The molecule has 2 amide bonds. The van der Waals surface area contributed by atoms with E-state index in [-0.39, 0.29) is 19.5 Å². The van der Waals surface area contributed by atoms with E-state index in [2.05, 4.69) is 10.3 Å². The molecular formula is C14H14FN3O3S. The summed E-state index contributed by atoms with van der Waals surface area (Å²) in [6.07, 6.45) is -2.67. The summed E-state index contributed by atoms with van der Waals surface area (Å²) in [6.45, 7) is -0.0480. The van der Waals surface area contributed by atoms with Gasteiger partial charge in [0.1, 0.15) is 17.2 Å². The van der Waals surface area contributed by atoms with E-state index in [1.54, 1.807) is 0 Å². The summed E-state index contributed by atoms with van der Waals surface area (Å²) in [5.41, 5.74) is 0.855. The lowest BCUT2D eigenvalue weighted by atomic mass is 10.2. The molecule has 8 heteroatoms. The van der Waals surface area contributed by atoms with Crippen LogP contribution >= 0.6 is 11.3 Å². The summed E-state index contributed by atoms with van der Waals surface area (Å²) in [5, 5.41) is 12.4. The third-order valence-electron chi connectivity index (χ3n) is 3.55. The summed E-state index contributed by atoms with van der Waals surface area (Å²) >= 11 is 1.46. The lowest BCUT2D eigenvalue weighted by molar-refractivity contribution is -0.125. The van der Waals surface area contributed by atoms with Crippen LogP contribution in [0.5, 0.6) is 0 Å². The van der Waals surface area contributed by atoms with Crippen molar-refractivity contribution in [2.24, 2.45) is 0 Å². The van der Waals surface area contributed by atoms with Gasteiger partial charge in [0.25, 0.3) is 0 Å². The molecule has 116 valence electrons. The van der Waals surface area contributed by atoms with E-state index in [1.165, 1.54) is 11.3 Å². The summed E-state index contributed by atoms with van der Waals surface area (Å²) in [6, 6.07) is 6.65. The maximum absolute atomic E-state index is 13.4. The fourth-order valence-electron chi connectivity index (χ4n) is 2.52. The van der Waals surface area contributed by atoms with Crippen molar-refractivity contribution in [3.05, 3.63) is 29.3 Å². The van der Waals surface area contributed by atoms with Crippen molar-refractivity contribution < 1.29 is 19.1 Å². The van der Waals surface area contributed by atoms with Crippen LogP contribution in [0.3, 0.4) is 0 Å². The number of halogens is 1. The van der Waals surface area contributed by atoms with Gasteiger partial charge in [0, 0.05) is 6.42 Å². The molecule has 1 fully saturated rings. The van der Waals surface area contributed by atoms with Crippen LogP contribution in [0.1, 0.15) is 11.4 Å². The van der Waals surface area contributed by atoms with Gasteiger partial charge >= 0.3 is 6.09 Å². The quantitative estimate of drug-likeness (QED) is 0.905. The van der Waals surface area contributed by atoms with Crippen molar-refractivity contribution in [2.75, 3.05) is 6.54 Å². The predicted molar refractivity (Wildman–Crippen MR) is 79.5 cm³/mol. The number of carbonyl (C=O) groups is 2. The van der Waals surface area contributed by atoms with E-state index in [4.69, 9.17) is 5.11 Å². The minimum Gasteiger partial charge on any atom is -0.465 e. The number of hydrogen-bond acceptors (Lipinski definition) is 4. The highest BCUT2D eigenvalue weighted by molar-refractivity contribution is 7.18. The number of para-hydroxylation sites is 1. The standard InChI is InChI=1S/C14H14FN3O3S/c15-8-5-10(18(7-8)14(20)21)13(19)16-6-12-17-9-3-1-2-4-11(9)22-12/h1-4,8,10H,5-7H2,(H,16,19)(H,20,21). The number of nitrogens with one attached hydrogen (secondary N) is 1. The zero-order valence-electron chi connectivity index (χ0n) is 11.5. The van der Waals surface area contributed by atoms with E-state index >= 15 is 0 Å². The molecule has 3 rings (SSSR count). The van der Waals surface area contributed by atoms with Crippen molar-refractivity contribution in [1.82, 2.24) is 15.2 Å². The van der Waals surface area contributed by atoms with E-state index in [1.807, 2.05) is 24.3 Å². The Morgan fingerprint density at radius 3 is 2.95 bits per heavy atom. The normalized spacial score (nSPS) is 21.2. The molecule has 0 spiro atoms. The highest BCUT2D eigenvalue weighted by atomic mass is 32.1. The van der Waals surface area contributed by atoms with Crippen molar-refractivity contribution in [1.29, 1.82) is 0 Å². The minimum absolute atomic E-state index is 0.0992. The van der Waals surface area contributed by atoms with Crippen LogP contribution < -0.4 is 5.32 Å². The van der Waals surface area contributed by atoms with Gasteiger partial charge in [-0.2, -0.15) is 0 Å². The monoisotopic (exact) mass is 323 g/mol. The summed E-state index contributed by atoms with van der Waals surface area (Å²) in [4.78, 5) is 28.3. The largest absolute Gasteiger partial charge is 0.465 e. The van der Waals surface area contributed by atoms with Crippen LogP contribution in [-0.4, -0.2) is 45.7 Å². The molecule has 1 aliphatic heterocycles. The van der Waals surface area contributed by atoms with Crippen LogP contribution in [-0.2, 0) is 11.3 Å². The second kappa shape index (κ2) is 5.88. The van der Waals surface area contributed by atoms with Crippen LogP contribution in [0, 0.1) is 0 Å². The zero-order valence-corrected chi connectivity index (χ0v) is 12.3. The molecule has 0 radical (unpaired) electrons. The number of hydrogen-bond donors (Lipinski definition) is 2. The number of nitrogens with zero attached hydrogens (tertiary/aromatic N) is 2. The molecule has 6 nitrogen and oxygen atoms in total. The first-order valence-electron chi connectivity index (χ1n) is 6.80. The number of benzene rings is 1. The van der Waals surface area contributed by atoms with Gasteiger partial charge in [-0.3, -0.25) is 9.69 Å². The molecule has 22 heavy (non-hydrogen) atoms. The van der Waals surface area contributed by atoms with Gasteiger partial charge in [0.2, 0.25) is 5.91 Å². The molecule has 2 aromatic rings. The van der Waals surface area contributed by atoms with Crippen molar-refractivity contribution in [2.45, 2.75) is 25.2 Å². The summed E-state index contributed by atoms with van der Waals surface area (Å²) < 4.78 is 14.4. The number of rotatable bonds is 3. The molecule has 1 aromatic carbocycles. The van der Waals surface area contributed by atoms with Gasteiger partial charge in [-0.1, -0.05) is 12.1 Å². The summed E-state index contributed by atoms with van der Waals surface area (Å²) in [5.74, 6) is -0.484. The Morgan fingerprint density at radius 1 is 1.45 bits per heavy atom. The molecule has 0 saturated carbocycles. The first-order valence-corrected chi connectivity index (χ1v) is 7.62. The van der Waals surface area contributed by atoms with Gasteiger partial charge < -0.3 is 10.4 Å². The Bertz CT molecular complexity index is 687. The van der Waals surface area contributed by atoms with Crippen LogP contribution in [0.15, 0.2) is 24.3 Å². The molecular weight excluding hydrogens is 309 g/mol. The second-order valence-electron chi connectivity index (χ2n) is 5.08. The SMILES string of the molecule is O=C(NCc1nc2ccccc2s1)C1CC(F)CN1C(=O)O. The predicted octanol–water partition coefficient (Wildman–Crippen LogP) is 2.00. The number of likely N-dealkylation sites (tertiary alicyclic amines) is 1. The van der Waals surface area contributed by atoms with Gasteiger partial charge in [0.15, 0.2) is 0 Å².